The van der Waals surface area contributed by atoms with Gasteiger partial charge in [0.1, 0.15) is 11.6 Å². The van der Waals surface area contributed by atoms with Crippen LogP contribution in [0.5, 0.6) is 0 Å². The van der Waals surface area contributed by atoms with E-state index in [0.29, 0.717) is 9.97 Å². The van der Waals surface area contributed by atoms with Gasteiger partial charge in [-0.2, -0.15) is 9.61 Å². The number of hydrogen-bond donors (Lipinski definition) is 1. The van der Waals surface area contributed by atoms with Crippen molar-refractivity contribution in [2.45, 2.75) is 25.3 Å². The highest BCUT2D eigenvalue weighted by molar-refractivity contribution is 7.92. The van der Waals surface area contributed by atoms with Gasteiger partial charge in [0.2, 0.25) is 4.96 Å². The molecule has 0 radical (unpaired) electrons. The molecule has 9 nitrogen and oxygen atoms in total. The summed E-state index contributed by atoms with van der Waals surface area (Å²) < 4.78 is 34.3. The number of rotatable bonds is 6. The van der Waals surface area contributed by atoms with Crippen LogP contribution in [0.3, 0.4) is 0 Å². The molecule has 2 heterocycles. The van der Waals surface area contributed by atoms with Crippen LogP contribution in [-0.4, -0.2) is 29.0 Å². The lowest BCUT2D eigenvalue weighted by molar-refractivity contribution is 0.0469. The van der Waals surface area contributed by atoms with E-state index in [9.17, 15) is 18.0 Å². The van der Waals surface area contributed by atoms with Crippen molar-refractivity contribution in [1.29, 1.82) is 0 Å². The molecule has 0 unspecified atom stereocenters. The van der Waals surface area contributed by atoms with E-state index in [0.717, 1.165) is 5.56 Å². The maximum absolute atomic E-state index is 12.7. The van der Waals surface area contributed by atoms with Crippen molar-refractivity contribution >= 4 is 38.0 Å². The molecule has 4 rings (SSSR count). The van der Waals surface area contributed by atoms with Gasteiger partial charge in [-0.3, -0.25) is 9.52 Å². The summed E-state index contributed by atoms with van der Waals surface area (Å²) in [5.74, 6) is -0.755. The van der Waals surface area contributed by atoms with Crippen molar-refractivity contribution in [3.63, 3.8) is 0 Å². The molecule has 2 aromatic heterocycles. The molecule has 0 fully saturated rings. The summed E-state index contributed by atoms with van der Waals surface area (Å²) in [6.45, 7) is 3.36. The highest BCUT2D eigenvalue weighted by atomic mass is 32.2. The number of aromatic nitrogens is 3. The lowest BCUT2D eigenvalue weighted by Crippen LogP contribution is -2.18. The predicted octanol–water partition coefficient (Wildman–Crippen LogP) is 2.93. The molecule has 4 aromatic rings. The summed E-state index contributed by atoms with van der Waals surface area (Å²) in [6, 6.07) is 13.7. The second-order valence-electron chi connectivity index (χ2n) is 6.94. The van der Waals surface area contributed by atoms with Gasteiger partial charge < -0.3 is 4.74 Å². The number of carbonyl (C=O) groups is 1. The Labute approximate surface area is 187 Å². The smallest absolute Gasteiger partial charge is 0.340 e. The van der Waals surface area contributed by atoms with Gasteiger partial charge in [0.05, 0.1) is 21.8 Å². The summed E-state index contributed by atoms with van der Waals surface area (Å²) in [4.78, 5) is 29.6. The van der Waals surface area contributed by atoms with E-state index in [1.54, 1.807) is 31.2 Å². The molecule has 164 valence electrons. The Morgan fingerprint density at radius 3 is 2.59 bits per heavy atom. The van der Waals surface area contributed by atoms with Crippen LogP contribution in [0.15, 0.2) is 64.3 Å². The van der Waals surface area contributed by atoms with Crippen LogP contribution >= 0.6 is 11.3 Å². The molecular weight excluding hydrogens is 452 g/mol. The lowest BCUT2D eigenvalue weighted by Gasteiger charge is -2.12. The SMILES string of the molecule is Cc1ccc(S(=O)(=O)Nc2ccccc2C(=O)OCc2cc(=O)n3nc(C)sc3n2)cc1. The number of carbonyl (C=O) groups excluding carboxylic acids is 1. The third-order valence-electron chi connectivity index (χ3n) is 4.47. The summed E-state index contributed by atoms with van der Waals surface area (Å²) in [5.41, 5.74) is 0.934. The third-order valence-corrected chi connectivity index (χ3v) is 6.68. The van der Waals surface area contributed by atoms with Crippen molar-refractivity contribution < 1.29 is 17.9 Å². The van der Waals surface area contributed by atoms with Crippen molar-refractivity contribution in [2.24, 2.45) is 0 Å². The number of nitrogens with zero attached hydrogens (tertiary/aromatic N) is 3. The first-order valence-corrected chi connectivity index (χ1v) is 11.7. The van der Waals surface area contributed by atoms with Gasteiger partial charge in [-0.05, 0) is 38.1 Å². The molecule has 0 atom stereocenters. The largest absolute Gasteiger partial charge is 0.456 e. The highest BCUT2D eigenvalue weighted by Gasteiger charge is 2.20. The molecule has 0 aliphatic carbocycles. The topological polar surface area (TPSA) is 120 Å². The van der Waals surface area contributed by atoms with Crippen LogP contribution in [0, 0.1) is 13.8 Å². The van der Waals surface area contributed by atoms with Gasteiger partial charge in [-0.1, -0.05) is 41.2 Å². The van der Waals surface area contributed by atoms with Crippen molar-refractivity contribution in [1.82, 2.24) is 14.6 Å². The monoisotopic (exact) mass is 470 g/mol. The minimum atomic E-state index is -3.90. The minimum Gasteiger partial charge on any atom is -0.456 e. The van der Waals surface area contributed by atoms with E-state index in [-0.39, 0.29) is 34.0 Å². The highest BCUT2D eigenvalue weighted by Crippen LogP contribution is 2.21. The molecule has 0 aliphatic heterocycles. The quantitative estimate of drug-likeness (QED) is 0.430. The normalized spacial score (nSPS) is 11.4. The maximum Gasteiger partial charge on any atom is 0.340 e. The Kier molecular flexibility index (Phi) is 5.76. The summed E-state index contributed by atoms with van der Waals surface area (Å²) >= 11 is 1.24. The Hall–Kier alpha value is -3.57. The lowest BCUT2D eigenvalue weighted by atomic mass is 10.2. The van der Waals surface area contributed by atoms with Crippen LogP contribution < -0.4 is 10.3 Å². The standard InChI is InChI=1S/C21H18N4O5S2/c1-13-7-9-16(10-8-13)32(28,29)24-18-6-4-3-5-17(18)20(27)30-12-15-11-19(26)25-21(22-15)31-14(2)23-25/h3-11,24H,12H2,1-2H3. The zero-order valence-electron chi connectivity index (χ0n) is 17.1. The second kappa shape index (κ2) is 8.52. The minimum absolute atomic E-state index is 0.0367. The molecule has 0 amide bonds. The Bertz CT molecular complexity index is 1470. The van der Waals surface area contributed by atoms with Crippen LogP contribution in [-0.2, 0) is 21.4 Å². The molecule has 0 saturated heterocycles. The number of benzene rings is 2. The van der Waals surface area contributed by atoms with Crippen LogP contribution in [0.2, 0.25) is 0 Å². The van der Waals surface area contributed by atoms with E-state index < -0.39 is 16.0 Å². The number of para-hydroxylation sites is 1. The fraction of sp³-hybridized carbons (Fsp3) is 0.143. The molecule has 0 bridgehead atoms. The molecule has 1 N–H and O–H groups in total. The molecule has 0 aliphatic rings. The maximum atomic E-state index is 12.7. The molecular formula is C21H18N4O5S2. The van der Waals surface area contributed by atoms with Gasteiger partial charge in [0, 0.05) is 6.07 Å². The van der Waals surface area contributed by atoms with E-state index in [4.69, 9.17) is 4.74 Å². The number of esters is 1. The van der Waals surface area contributed by atoms with Gasteiger partial charge in [-0.15, -0.1) is 0 Å². The molecule has 2 aromatic carbocycles. The number of ether oxygens (including phenoxy) is 1. The first kappa shape index (κ1) is 21.7. The van der Waals surface area contributed by atoms with E-state index in [1.165, 1.54) is 46.2 Å². The van der Waals surface area contributed by atoms with Crippen molar-refractivity contribution in [3.8, 4) is 0 Å². The van der Waals surface area contributed by atoms with Gasteiger partial charge in [0.15, 0.2) is 0 Å². The van der Waals surface area contributed by atoms with Crippen molar-refractivity contribution in [2.75, 3.05) is 4.72 Å². The van der Waals surface area contributed by atoms with E-state index in [1.807, 2.05) is 6.92 Å². The first-order valence-electron chi connectivity index (χ1n) is 9.45. The zero-order valence-corrected chi connectivity index (χ0v) is 18.7. The van der Waals surface area contributed by atoms with Gasteiger partial charge >= 0.3 is 5.97 Å². The van der Waals surface area contributed by atoms with Crippen LogP contribution in [0.25, 0.3) is 4.96 Å². The second-order valence-corrected chi connectivity index (χ2v) is 9.78. The summed E-state index contributed by atoms with van der Waals surface area (Å²) in [7, 11) is -3.90. The fourth-order valence-electron chi connectivity index (χ4n) is 2.91. The number of sulfonamides is 1. The van der Waals surface area contributed by atoms with Gasteiger partial charge in [-0.25, -0.2) is 18.2 Å². The summed E-state index contributed by atoms with van der Waals surface area (Å²) in [6.07, 6.45) is 0. The zero-order chi connectivity index (χ0) is 22.9. The molecule has 32 heavy (non-hydrogen) atoms. The molecule has 0 spiro atoms. The third kappa shape index (κ3) is 4.53. The Morgan fingerprint density at radius 1 is 1.12 bits per heavy atom. The Balaban J connectivity index is 1.54. The fourth-order valence-corrected chi connectivity index (χ4v) is 4.76. The average molecular weight is 471 g/mol. The average Bonchev–Trinajstić information content (AvgIpc) is 3.13. The number of nitrogens with one attached hydrogen (secondary N) is 1. The number of fused-ring (bicyclic) bond motifs is 1. The number of hydrogen-bond acceptors (Lipinski definition) is 8. The number of anilines is 1. The predicted molar refractivity (Wildman–Crippen MR) is 119 cm³/mol. The summed E-state index contributed by atoms with van der Waals surface area (Å²) in [5, 5.41) is 4.74. The van der Waals surface area contributed by atoms with Gasteiger partial charge in [0.25, 0.3) is 15.6 Å². The Morgan fingerprint density at radius 2 is 1.84 bits per heavy atom. The van der Waals surface area contributed by atoms with Crippen LogP contribution in [0.1, 0.15) is 26.6 Å². The first-order chi connectivity index (χ1) is 15.2. The van der Waals surface area contributed by atoms with E-state index in [2.05, 4.69) is 14.8 Å². The van der Waals surface area contributed by atoms with Crippen LogP contribution in [0.4, 0.5) is 5.69 Å². The van der Waals surface area contributed by atoms with Crippen molar-refractivity contribution in [3.05, 3.63) is 86.8 Å². The molecule has 11 heteroatoms. The molecule has 0 saturated carbocycles. The van der Waals surface area contributed by atoms with E-state index >= 15 is 0 Å². The number of aryl methyl sites for hydroxylation is 2.